The van der Waals surface area contributed by atoms with E-state index in [-0.39, 0.29) is 0 Å². The predicted molar refractivity (Wildman–Crippen MR) is 69.4 cm³/mol. The van der Waals surface area contributed by atoms with Gasteiger partial charge in [0.15, 0.2) is 6.19 Å². The fourth-order valence-corrected chi connectivity index (χ4v) is 1.68. The van der Waals surface area contributed by atoms with Crippen LogP contribution in [-0.4, -0.2) is 0 Å². The minimum atomic E-state index is 0.612. The third-order valence-corrected chi connectivity index (χ3v) is 2.65. The smallest absolute Gasteiger partial charge is 0.184 e. The van der Waals surface area contributed by atoms with Gasteiger partial charge in [0.05, 0.1) is 12.2 Å². The normalized spacial score (nSPS) is 9.65. The lowest BCUT2D eigenvalue weighted by Gasteiger charge is -2.15. The van der Waals surface area contributed by atoms with Crippen molar-refractivity contribution in [3.8, 4) is 6.19 Å². The van der Waals surface area contributed by atoms with Gasteiger partial charge in [0, 0.05) is 0 Å². The van der Waals surface area contributed by atoms with Crippen molar-refractivity contribution in [3.05, 3.63) is 65.7 Å². The maximum Gasteiger partial charge on any atom is 0.184 e. The highest BCUT2D eigenvalue weighted by Gasteiger charge is 2.05. The first-order valence-corrected chi connectivity index (χ1v) is 5.57. The molecule has 0 aliphatic carbocycles. The molecular weight excluding hydrogens is 208 g/mol. The van der Waals surface area contributed by atoms with Crippen LogP contribution in [0.25, 0.3) is 0 Å². The van der Waals surface area contributed by atoms with Gasteiger partial charge in [-0.1, -0.05) is 48.0 Å². The number of hydrogen-bond acceptors (Lipinski definition) is 2. The van der Waals surface area contributed by atoms with Crippen molar-refractivity contribution in [1.29, 1.82) is 5.26 Å². The Bertz CT molecular complexity index is 509. The van der Waals surface area contributed by atoms with Crippen LogP contribution in [0.15, 0.2) is 54.6 Å². The highest BCUT2D eigenvalue weighted by atomic mass is 15.1. The van der Waals surface area contributed by atoms with Crippen molar-refractivity contribution in [1.82, 2.24) is 0 Å². The van der Waals surface area contributed by atoms with Crippen molar-refractivity contribution < 1.29 is 0 Å². The number of nitrogens with zero attached hydrogens (tertiary/aromatic N) is 2. The Hall–Kier alpha value is -2.27. The lowest BCUT2D eigenvalue weighted by molar-refractivity contribution is 0.977. The first kappa shape index (κ1) is 11.2. The Balaban J connectivity index is 2.18. The maximum absolute atomic E-state index is 9.19. The minimum Gasteiger partial charge on any atom is -0.275 e. The molecule has 0 bridgehead atoms. The number of benzene rings is 2. The van der Waals surface area contributed by atoms with Gasteiger partial charge in [0.2, 0.25) is 0 Å². The van der Waals surface area contributed by atoms with E-state index >= 15 is 0 Å². The zero-order valence-corrected chi connectivity index (χ0v) is 9.80. The van der Waals surface area contributed by atoms with E-state index in [1.807, 2.05) is 61.5 Å². The highest BCUT2D eigenvalue weighted by molar-refractivity contribution is 5.51. The summed E-state index contributed by atoms with van der Waals surface area (Å²) < 4.78 is 0. The molecule has 0 heterocycles. The second-order valence-corrected chi connectivity index (χ2v) is 4.01. The molecule has 2 aromatic carbocycles. The van der Waals surface area contributed by atoms with Crippen molar-refractivity contribution in [2.24, 2.45) is 0 Å². The summed E-state index contributed by atoms with van der Waals surface area (Å²) in [7, 11) is 0. The molecule has 0 spiro atoms. The van der Waals surface area contributed by atoms with Crippen molar-refractivity contribution in [2.75, 3.05) is 4.90 Å². The van der Waals surface area contributed by atoms with Crippen LogP contribution in [0, 0.1) is 18.4 Å². The fraction of sp³-hybridized carbons (Fsp3) is 0.133. The van der Waals surface area contributed by atoms with Gasteiger partial charge >= 0.3 is 0 Å². The minimum absolute atomic E-state index is 0.612. The summed E-state index contributed by atoms with van der Waals surface area (Å²) >= 11 is 0. The Morgan fingerprint density at radius 1 is 1.00 bits per heavy atom. The van der Waals surface area contributed by atoms with Gasteiger partial charge in [0.25, 0.3) is 0 Å². The van der Waals surface area contributed by atoms with E-state index in [0.29, 0.717) is 6.54 Å². The summed E-state index contributed by atoms with van der Waals surface area (Å²) in [6.07, 6.45) is 2.22. The van der Waals surface area contributed by atoms with Crippen LogP contribution in [0.4, 0.5) is 5.69 Å². The first-order chi connectivity index (χ1) is 8.29. The molecule has 0 radical (unpaired) electrons. The van der Waals surface area contributed by atoms with E-state index in [9.17, 15) is 5.26 Å². The van der Waals surface area contributed by atoms with E-state index < -0.39 is 0 Å². The zero-order chi connectivity index (χ0) is 12.1. The van der Waals surface area contributed by atoms with Crippen molar-refractivity contribution in [3.63, 3.8) is 0 Å². The standard InChI is InChI=1S/C15H14N2/c1-13-7-9-15(10-8-13)17(12-16)11-14-5-3-2-4-6-14/h2-10H,11H2,1H3. The van der Waals surface area contributed by atoms with Crippen molar-refractivity contribution >= 4 is 5.69 Å². The molecule has 17 heavy (non-hydrogen) atoms. The van der Waals surface area contributed by atoms with Gasteiger partial charge in [-0.2, -0.15) is 5.26 Å². The molecule has 0 N–H and O–H groups in total. The summed E-state index contributed by atoms with van der Waals surface area (Å²) in [6, 6.07) is 18.0. The first-order valence-electron chi connectivity index (χ1n) is 5.57. The molecule has 2 rings (SSSR count). The summed E-state index contributed by atoms with van der Waals surface area (Å²) in [4.78, 5) is 1.69. The third kappa shape index (κ3) is 2.85. The van der Waals surface area contributed by atoms with E-state index in [0.717, 1.165) is 11.3 Å². The molecule has 2 nitrogen and oxygen atoms in total. The monoisotopic (exact) mass is 222 g/mol. The molecule has 2 aromatic rings. The van der Waals surface area contributed by atoms with Crippen LogP contribution >= 0.6 is 0 Å². The molecule has 0 amide bonds. The largest absolute Gasteiger partial charge is 0.275 e. The van der Waals surface area contributed by atoms with E-state index in [2.05, 4.69) is 6.19 Å². The van der Waals surface area contributed by atoms with E-state index in [4.69, 9.17) is 0 Å². The molecule has 2 heteroatoms. The fourth-order valence-electron chi connectivity index (χ4n) is 1.68. The van der Waals surface area contributed by atoms with E-state index in [1.54, 1.807) is 4.90 Å². The summed E-state index contributed by atoms with van der Waals surface area (Å²) in [5.74, 6) is 0. The van der Waals surface area contributed by atoms with E-state index in [1.165, 1.54) is 5.56 Å². The maximum atomic E-state index is 9.19. The highest BCUT2D eigenvalue weighted by Crippen LogP contribution is 2.16. The van der Waals surface area contributed by atoms with Gasteiger partial charge in [-0.05, 0) is 24.6 Å². The summed E-state index contributed by atoms with van der Waals surface area (Å²) in [6.45, 7) is 2.65. The predicted octanol–water partition coefficient (Wildman–Crippen LogP) is 3.48. The van der Waals surface area contributed by atoms with Crippen LogP contribution < -0.4 is 4.90 Å². The Labute approximate surface area is 102 Å². The molecule has 84 valence electrons. The van der Waals surface area contributed by atoms with Crippen LogP contribution in [-0.2, 0) is 6.54 Å². The second-order valence-electron chi connectivity index (χ2n) is 4.01. The topological polar surface area (TPSA) is 27.0 Å². The molecule has 0 aromatic heterocycles. The Morgan fingerprint density at radius 2 is 1.65 bits per heavy atom. The zero-order valence-electron chi connectivity index (χ0n) is 9.80. The number of anilines is 1. The Kier molecular flexibility index (Phi) is 3.42. The number of rotatable bonds is 3. The second kappa shape index (κ2) is 5.18. The van der Waals surface area contributed by atoms with Crippen LogP contribution in [0.5, 0.6) is 0 Å². The molecule has 0 aliphatic rings. The molecule has 0 aliphatic heterocycles. The Morgan fingerprint density at radius 3 is 2.24 bits per heavy atom. The van der Waals surface area contributed by atoms with Gasteiger partial charge in [-0.15, -0.1) is 0 Å². The van der Waals surface area contributed by atoms with Crippen LogP contribution in [0.3, 0.4) is 0 Å². The van der Waals surface area contributed by atoms with Gasteiger partial charge in [-0.25, -0.2) is 0 Å². The molecule has 0 fully saturated rings. The lowest BCUT2D eigenvalue weighted by atomic mass is 10.2. The summed E-state index contributed by atoms with van der Waals surface area (Å²) in [5, 5.41) is 9.19. The lowest BCUT2D eigenvalue weighted by Crippen LogP contribution is -2.15. The average Bonchev–Trinajstić information content (AvgIpc) is 2.38. The number of hydrogen-bond donors (Lipinski definition) is 0. The van der Waals surface area contributed by atoms with Gasteiger partial charge in [0.1, 0.15) is 0 Å². The molecule has 0 saturated carbocycles. The number of nitriles is 1. The van der Waals surface area contributed by atoms with Crippen LogP contribution in [0.2, 0.25) is 0 Å². The van der Waals surface area contributed by atoms with Crippen molar-refractivity contribution in [2.45, 2.75) is 13.5 Å². The van der Waals surface area contributed by atoms with Gasteiger partial charge in [-0.3, -0.25) is 4.90 Å². The average molecular weight is 222 g/mol. The molecule has 0 atom stereocenters. The number of aryl methyl sites for hydroxylation is 1. The quantitative estimate of drug-likeness (QED) is 0.587. The summed E-state index contributed by atoms with van der Waals surface area (Å²) in [5.41, 5.74) is 3.27. The van der Waals surface area contributed by atoms with Gasteiger partial charge < -0.3 is 0 Å². The molecule has 0 unspecified atom stereocenters. The molecular formula is C15H14N2. The molecule has 0 saturated heterocycles. The SMILES string of the molecule is Cc1ccc(N(C#N)Cc2ccccc2)cc1. The van der Waals surface area contributed by atoms with Crippen LogP contribution in [0.1, 0.15) is 11.1 Å². The third-order valence-electron chi connectivity index (χ3n) is 2.65.